The second-order valence-electron chi connectivity index (χ2n) is 7.12. The molecule has 0 amide bonds. The third-order valence-electron chi connectivity index (χ3n) is 4.63. The summed E-state index contributed by atoms with van der Waals surface area (Å²) < 4.78 is 11.4. The third kappa shape index (κ3) is 7.86. The van der Waals surface area contributed by atoms with Crippen LogP contribution in [0.2, 0.25) is 0 Å². The fraction of sp³-hybridized carbons (Fsp3) is 0.455. The Morgan fingerprint density at radius 1 is 0.500 bits per heavy atom. The molecule has 6 heteroatoms. The number of unbranched alkanes of at least 4 members (excludes halogenated alkanes) is 7. The molecule has 0 aliphatic heterocycles. The van der Waals surface area contributed by atoms with E-state index in [0.29, 0.717) is 47.5 Å². The van der Waals surface area contributed by atoms with E-state index in [1.807, 2.05) is 0 Å². The first-order valence-electron chi connectivity index (χ1n) is 10.1. The van der Waals surface area contributed by atoms with Crippen molar-refractivity contribution in [3.05, 3.63) is 36.4 Å². The largest absolute Gasteiger partial charge is 0.491 e. The van der Waals surface area contributed by atoms with Gasteiger partial charge in [-0.1, -0.05) is 38.5 Å². The van der Waals surface area contributed by atoms with E-state index >= 15 is 0 Å². The van der Waals surface area contributed by atoms with E-state index in [-0.39, 0.29) is 0 Å². The van der Waals surface area contributed by atoms with Crippen molar-refractivity contribution in [2.75, 3.05) is 36.1 Å². The van der Waals surface area contributed by atoms with E-state index < -0.39 is 0 Å². The van der Waals surface area contributed by atoms with Gasteiger partial charge in [0.2, 0.25) is 0 Å². The number of rotatable bonds is 13. The molecule has 0 radical (unpaired) electrons. The summed E-state index contributed by atoms with van der Waals surface area (Å²) in [6.07, 6.45) is 9.36. The maximum atomic E-state index is 5.87. The lowest BCUT2D eigenvalue weighted by Gasteiger charge is -2.10. The van der Waals surface area contributed by atoms with E-state index in [4.69, 9.17) is 32.4 Å². The maximum Gasteiger partial charge on any atom is 0.144 e. The van der Waals surface area contributed by atoms with Gasteiger partial charge in [0, 0.05) is 23.5 Å². The molecule has 0 saturated heterocycles. The smallest absolute Gasteiger partial charge is 0.144 e. The highest BCUT2D eigenvalue weighted by molar-refractivity contribution is 5.60. The van der Waals surface area contributed by atoms with Crippen molar-refractivity contribution in [2.45, 2.75) is 51.4 Å². The standard InChI is InChI=1S/C22H34N4O2/c23-17-9-11-19(25)21(15-17)27-13-7-5-3-1-2-4-6-8-14-28-22-16-18(24)10-12-20(22)26/h9-12,15-16H,1-8,13-14,23-26H2. The van der Waals surface area contributed by atoms with Crippen molar-refractivity contribution in [1.29, 1.82) is 0 Å². The summed E-state index contributed by atoms with van der Waals surface area (Å²) >= 11 is 0. The van der Waals surface area contributed by atoms with Crippen LogP contribution in [0.5, 0.6) is 11.5 Å². The van der Waals surface area contributed by atoms with Crippen molar-refractivity contribution in [1.82, 2.24) is 0 Å². The van der Waals surface area contributed by atoms with E-state index in [1.54, 1.807) is 36.4 Å². The Morgan fingerprint density at radius 2 is 0.857 bits per heavy atom. The van der Waals surface area contributed by atoms with Crippen molar-refractivity contribution < 1.29 is 9.47 Å². The van der Waals surface area contributed by atoms with Crippen LogP contribution in [0.15, 0.2) is 36.4 Å². The van der Waals surface area contributed by atoms with Crippen molar-refractivity contribution in [2.24, 2.45) is 0 Å². The second-order valence-corrected chi connectivity index (χ2v) is 7.12. The number of hydrogen-bond donors (Lipinski definition) is 4. The van der Waals surface area contributed by atoms with Gasteiger partial charge in [-0.3, -0.25) is 0 Å². The molecule has 6 nitrogen and oxygen atoms in total. The molecule has 0 aromatic heterocycles. The first-order chi connectivity index (χ1) is 13.6. The highest BCUT2D eigenvalue weighted by atomic mass is 16.5. The lowest BCUT2D eigenvalue weighted by Crippen LogP contribution is -2.01. The normalized spacial score (nSPS) is 10.7. The predicted octanol–water partition coefficient (Wildman–Crippen LogP) is 4.59. The van der Waals surface area contributed by atoms with Gasteiger partial charge in [0.15, 0.2) is 0 Å². The average Bonchev–Trinajstić information content (AvgIpc) is 2.67. The number of anilines is 4. The van der Waals surface area contributed by atoms with Gasteiger partial charge in [-0.2, -0.15) is 0 Å². The number of nitrogens with two attached hydrogens (primary N) is 4. The van der Waals surface area contributed by atoms with Crippen LogP contribution in [0.3, 0.4) is 0 Å². The summed E-state index contributed by atoms with van der Waals surface area (Å²) in [4.78, 5) is 0. The summed E-state index contributed by atoms with van der Waals surface area (Å²) in [5.74, 6) is 1.37. The van der Waals surface area contributed by atoms with Crippen LogP contribution in [0, 0.1) is 0 Å². The van der Waals surface area contributed by atoms with Gasteiger partial charge in [-0.25, -0.2) is 0 Å². The molecular formula is C22H34N4O2. The quantitative estimate of drug-likeness (QED) is 0.295. The molecule has 0 heterocycles. The summed E-state index contributed by atoms with van der Waals surface area (Å²) in [6, 6.07) is 10.7. The Morgan fingerprint density at radius 3 is 1.25 bits per heavy atom. The number of nitrogen functional groups attached to an aromatic ring is 4. The summed E-state index contributed by atoms with van der Waals surface area (Å²) in [7, 11) is 0. The Balaban J connectivity index is 1.41. The topological polar surface area (TPSA) is 123 Å². The fourth-order valence-electron chi connectivity index (χ4n) is 2.98. The molecule has 0 aliphatic rings. The van der Waals surface area contributed by atoms with Gasteiger partial charge >= 0.3 is 0 Å². The first kappa shape index (κ1) is 21.5. The lowest BCUT2D eigenvalue weighted by molar-refractivity contribution is 0.303. The Kier molecular flexibility index (Phi) is 9.11. The van der Waals surface area contributed by atoms with Gasteiger partial charge in [0.25, 0.3) is 0 Å². The molecule has 2 rings (SSSR count). The van der Waals surface area contributed by atoms with Crippen LogP contribution < -0.4 is 32.4 Å². The molecule has 0 atom stereocenters. The zero-order valence-electron chi connectivity index (χ0n) is 16.7. The molecule has 8 N–H and O–H groups in total. The predicted molar refractivity (Wildman–Crippen MR) is 118 cm³/mol. The van der Waals surface area contributed by atoms with Crippen molar-refractivity contribution >= 4 is 22.7 Å². The summed E-state index contributed by atoms with van der Waals surface area (Å²) in [6.45, 7) is 1.36. The third-order valence-corrected chi connectivity index (χ3v) is 4.63. The van der Waals surface area contributed by atoms with E-state index in [0.717, 1.165) is 12.8 Å². The SMILES string of the molecule is Nc1ccc(N)c(OCCCCCCCCCCOc2cc(N)ccc2N)c1. The van der Waals surface area contributed by atoms with Crippen LogP contribution in [0.1, 0.15) is 51.4 Å². The molecule has 154 valence electrons. The Labute approximate surface area is 168 Å². The second kappa shape index (κ2) is 11.8. The first-order valence-corrected chi connectivity index (χ1v) is 10.1. The van der Waals surface area contributed by atoms with E-state index in [1.165, 1.54) is 38.5 Å². The molecule has 0 bridgehead atoms. The molecule has 0 saturated carbocycles. The molecule has 0 aliphatic carbocycles. The van der Waals surface area contributed by atoms with Gasteiger partial charge in [-0.05, 0) is 37.1 Å². The minimum absolute atomic E-state index is 0.636. The summed E-state index contributed by atoms with van der Waals surface area (Å²) in [5, 5.41) is 0. The molecular weight excluding hydrogens is 352 g/mol. The van der Waals surface area contributed by atoms with Gasteiger partial charge in [0.05, 0.1) is 24.6 Å². The molecule has 0 fully saturated rings. The minimum Gasteiger partial charge on any atom is -0.491 e. The highest BCUT2D eigenvalue weighted by Gasteiger charge is 2.02. The number of benzene rings is 2. The zero-order valence-corrected chi connectivity index (χ0v) is 16.7. The fourth-order valence-corrected chi connectivity index (χ4v) is 2.98. The lowest BCUT2D eigenvalue weighted by atomic mass is 10.1. The van der Waals surface area contributed by atoms with Gasteiger partial charge in [0.1, 0.15) is 11.5 Å². The maximum absolute atomic E-state index is 5.87. The molecule has 2 aromatic carbocycles. The van der Waals surface area contributed by atoms with Crippen LogP contribution in [0.25, 0.3) is 0 Å². The zero-order chi connectivity index (χ0) is 20.2. The molecule has 2 aromatic rings. The Hall–Kier alpha value is -2.76. The van der Waals surface area contributed by atoms with E-state index in [2.05, 4.69) is 0 Å². The van der Waals surface area contributed by atoms with Gasteiger partial charge in [-0.15, -0.1) is 0 Å². The minimum atomic E-state index is 0.636. The van der Waals surface area contributed by atoms with Crippen LogP contribution in [-0.2, 0) is 0 Å². The van der Waals surface area contributed by atoms with Crippen LogP contribution in [0.4, 0.5) is 22.7 Å². The Bertz CT molecular complexity index is 660. The van der Waals surface area contributed by atoms with Gasteiger partial charge < -0.3 is 32.4 Å². The molecule has 0 unspecified atom stereocenters. The molecule has 0 spiro atoms. The van der Waals surface area contributed by atoms with Crippen molar-refractivity contribution in [3.8, 4) is 11.5 Å². The summed E-state index contributed by atoms with van der Waals surface area (Å²) in [5.41, 5.74) is 25.8. The number of hydrogen-bond acceptors (Lipinski definition) is 6. The highest BCUT2D eigenvalue weighted by Crippen LogP contribution is 2.25. The average molecular weight is 387 g/mol. The molecule has 28 heavy (non-hydrogen) atoms. The van der Waals surface area contributed by atoms with Crippen LogP contribution >= 0.6 is 0 Å². The van der Waals surface area contributed by atoms with Crippen molar-refractivity contribution in [3.63, 3.8) is 0 Å². The number of ether oxygens (including phenoxy) is 2. The van der Waals surface area contributed by atoms with Crippen LogP contribution in [-0.4, -0.2) is 13.2 Å². The van der Waals surface area contributed by atoms with E-state index in [9.17, 15) is 0 Å². The monoisotopic (exact) mass is 386 g/mol.